The molecule has 2 amide bonds. The van der Waals surface area contributed by atoms with Gasteiger partial charge in [-0.05, 0) is 55.2 Å². The summed E-state index contributed by atoms with van der Waals surface area (Å²) in [4.78, 5) is 31.0. The molecule has 0 radical (unpaired) electrons. The third-order valence-electron chi connectivity index (χ3n) is 5.37. The van der Waals surface area contributed by atoms with Crippen molar-refractivity contribution in [2.24, 2.45) is 5.92 Å². The zero-order valence-corrected chi connectivity index (χ0v) is 16.6. The summed E-state index contributed by atoms with van der Waals surface area (Å²) in [7, 11) is 0. The van der Waals surface area contributed by atoms with Gasteiger partial charge >= 0.3 is 0 Å². The van der Waals surface area contributed by atoms with Crippen molar-refractivity contribution in [1.29, 1.82) is 0 Å². The molecule has 0 atom stereocenters. The summed E-state index contributed by atoms with van der Waals surface area (Å²) in [6.07, 6.45) is 2.78. The molecule has 0 saturated heterocycles. The zero-order chi connectivity index (χ0) is 20.8. The highest BCUT2D eigenvalue weighted by molar-refractivity contribution is 7.14. The Labute approximate surface area is 175 Å². The van der Waals surface area contributed by atoms with E-state index in [1.54, 1.807) is 0 Å². The van der Waals surface area contributed by atoms with Crippen LogP contribution in [0.3, 0.4) is 0 Å². The number of halogens is 2. The molecule has 3 aromatic rings. The first-order chi connectivity index (χ1) is 14.5. The van der Waals surface area contributed by atoms with Crippen molar-refractivity contribution >= 4 is 34.0 Å². The Bertz CT molecular complexity index is 1170. The number of thiazole rings is 1. The van der Waals surface area contributed by atoms with Gasteiger partial charge in [-0.2, -0.15) is 0 Å². The van der Waals surface area contributed by atoms with E-state index in [1.807, 2.05) is 28.5 Å². The van der Waals surface area contributed by atoms with Crippen LogP contribution >= 0.6 is 11.3 Å². The number of carbonyl (C=O) groups is 2. The number of rotatable bonds is 4. The van der Waals surface area contributed by atoms with E-state index >= 15 is 0 Å². The summed E-state index contributed by atoms with van der Waals surface area (Å²) in [5, 5.41) is 4.81. The van der Waals surface area contributed by atoms with Gasteiger partial charge < -0.3 is 4.90 Å². The van der Waals surface area contributed by atoms with Gasteiger partial charge in [0, 0.05) is 34.7 Å². The van der Waals surface area contributed by atoms with Crippen LogP contribution in [0.1, 0.15) is 28.8 Å². The summed E-state index contributed by atoms with van der Waals surface area (Å²) in [6.45, 7) is 0.709. The normalized spacial score (nSPS) is 15.2. The number of carbonyl (C=O) groups excluding carboxylic acids is 2. The number of nitrogens with one attached hydrogen (secondary N) is 1. The number of hydrogen-bond donors (Lipinski definition) is 1. The van der Waals surface area contributed by atoms with E-state index in [4.69, 9.17) is 0 Å². The van der Waals surface area contributed by atoms with Gasteiger partial charge in [-0.1, -0.05) is 6.07 Å². The van der Waals surface area contributed by atoms with Crippen LogP contribution in [0.15, 0.2) is 41.8 Å². The van der Waals surface area contributed by atoms with Crippen molar-refractivity contribution in [3.63, 3.8) is 0 Å². The quantitative estimate of drug-likeness (QED) is 0.663. The molecule has 8 heteroatoms. The fraction of sp³-hybridized carbons (Fsp3) is 0.227. The van der Waals surface area contributed by atoms with Gasteiger partial charge in [0.2, 0.25) is 5.91 Å². The van der Waals surface area contributed by atoms with E-state index in [9.17, 15) is 18.4 Å². The van der Waals surface area contributed by atoms with Gasteiger partial charge in [0.05, 0.1) is 5.69 Å². The Morgan fingerprint density at radius 2 is 1.93 bits per heavy atom. The van der Waals surface area contributed by atoms with Crippen molar-refractivity contribution in [3.05, 3.63) is 64.5 Å². The number of anilines is 2. The first-order valence-electron chi connectivity index (χ1n) is 9.66. The molecule has 30 heavy (non-hydrogen) atoms. The molecule has 1 aromatic heterocycles. The predicted molar refractivity (Wildman–Crippen MR) is 111 cm³/mol. The molecular formula is C22H17F2N3O2S. The SMILES string of the molecule is O=C(Nc1nc(-c2ccc3c(c2)CCN3C(=O)C2CC2)cs1)c1ccc(F)c(F)c1. The molecule has 1 fully saturated rings. The monoisotopic (exact) mass is 425 g/mol. The molecule has 0 spiro atoms. The summed E-state index contributed by atoms with van der Waals surface area (Å²) in [5.74, 6) is -2.22. The van der Waals surface area contributed by atoms with Crippen LogP contribution < -0.4 is 10.2 Å². The average Bonchev–Trinajstić information content (AvgIpc) is 3.35. The van der Waals surface area contributed by atoms with Gasteiger partial charge in [-0.15, -0.1) is 11.3 Å². The minimum atomic E-state index is -1.07. The molecule has 2 heterocycles. The number of nitrogens with zero attached hydrogens (tertiary/aromatic N) is 2. The summed E-state index contributed by atoms with van der Waals surface area (Å²) >= 11 is 1.25. The largest absolute Gasteiger partial charge is 0.312 e. The van der Waals surface area contributed by atoms with Crippen LogP contribution in [0.2, 0.25) is 0 Å². The highest BCUT2D eigenvalue weighted by atomic mass is 32.1. The molecule has 1 aliphatic carbocycles. The average molecular weight is 425 g/mol. The second-order valence-electron chi connectivity index (χ2n) is 7.48. The van der Waals surface area contributed by atoms with Crippen LogP contribution in [0.25, 0.3) is 11.3 Å². The molecule has 1 saturated carbocycles. The molecule has 5 rings (SSSR count). The van der Waals surface area contributed by atoms with Crippen molar-refractivity contribution in [1.82, 2.24) is 4.98 Å². The molecule has 2 aliphatic rings. The van der Waals surface area contributed by atoms with E-state index in [1.165, 1.54) is 17.4 Å². The lowest BCUT2D eigenvalue weighted by molar-refractivity contribution is -0.119. The van der Waals surface area contributed by atoms with E-state index in [-0.39, 0.29) is 17.4 Å². The fourth-order valence-electron chi connectivity index (χ4n) is 3.61. The smallest absolute Gasteiger partial charge is 0.257 e. The Kier molecular flexibility index (Phi) is 4.58. The highest BCUT2D eigenvalue weighted by Gasteiger charge is 2.36. The van der Waals surface area contributed by atoms with Crippen molar-refractivity contribution in [3.8, 4) is 11.3 Å². The maximum absolute atomic E-state index is 13.3. The van der Waals surface area contributed by atoms with Crippen molar-refractivity contribution < 1.29 is 18.4 Å². The molecule has 1 N–H and O–H groups in total. The molecule has 2 aromatic carbocycles. The standard InChI is InChI=1S/C22H17F2N3O2S/c23-16-5-3-15(10-17(16)24)20(28)26-22-25-18(11-30-22)13-4-6-19-14(9-13)7-8-27(19)21(29)12-1-2-12/h3-6,9-12H,1-2,7-8H2,(H,25,26,28). The first kappa shape index (κ1) is 18.9. The van der Waals surface area contributed by atoms with Crippen LogP contribution in [0, 0.1) is 17.6 Å². The predicted octanol–water partition coefficient (Wildman–Crippen LogP) is 4.64. The van der Waals surface area contributed by atoms with E-state index in [0.717, 1.165) is 48.2 Å². The second kappa shape index (κ2) is 7.28. The van der Waals surface area contributed by atoms with Gasteiger partial charge in [0.15, 0.2) is 16.8 Å². The second-order valence-corrected chi connectivity index (χ2v) is 8.34. The van der Waals surface area contributed by atoms with Crippen molar-refractivity contribution in [2.75, 3.05) is 16.8 Å². The Morgan fingerprint density at radius 3 is 2.70 bits per heavy atom. The number of amides is 2. The topological polar surface area (TPSA) is 62.3 Å². The molecule has 0 unspecified atom stereocenters. The number of benzene rings is 2. The minimum Gasteiger partial charge on any atom is -0.312 e. The van der Waals surface area contributed by atoms with Gasteiger partial charge in [0.1, 0.15) is 0 Å². The lowest BCUT2D eigenvalue weighted by atomic mass is 10.1. The van der Waals surface area contributed by atoms with Gasteiger partial charge in [-0.25, -0.2) is 13.8 Å². The van der Waals surface area contributed by atoms with E-state index < -0.39 is 17.5 Å². The lowest BCUT2D eigenvalue weighted by Gasteiger charge is -2.17. The molecule has 5 nitrogen and oxygen atoms in total. The zero-order valence-electron chi connectivity index (χ0n) is 15.8. The number of aromatic nitrogens is 1. The summed E-state index contributed by atoms with van der Waals surface area (Å²) in [6, 6.07) is 8.90. The molecule has 152 valence electrons. The molecule has 0 bridgehead atoms. The van der Waals surface area contributed by atoms with Crippen LogP contribution in [0.5, 0.6) is 0 Å². The maximum atomic E-state index is 13.3. The van der Waals surface area contributed by atoms with E-state index in [2.05, 4.69) is 10.3 Å². The number of fused-ring (bicyclic) bond motifs is 1. The third kappa shape index (κ3) is 3.47. The van der Waals surface area contributed by atoms with Crippen LogP contribution in [-0.4, -0.2) is 23.3 Å². The van der Waals surface area contributed by atoms with E-state index in [0.29, 0.717) is 17.4 Å². The van der Waals surface area contributed by atoms with Gasteiger partial charge in [-0.3, -0.25) is 14.9 Å². The van der Waals surface area contributed by atoms with Crippen molar-refractivity contribution in [2.45, 2.75) is 19.3 Å². The lowest BCUT2D eigenvalue weighted by Crippen LogP contribution is -2.30. The number of hydrogen-bond acceptors (Lipinski definition) is 4. The Hall–Kier alpha value is -3.13. The Morgan fingerprint density at radius 1 is 1.10 bits per heavy atom. The van der Waals surface area contributed by atoms with Gasteiger partial charge in [0.25, 0.3) is 5.91 Å². The highest BCUT2D eigenvalue weighted by Crippen LogP contribution is 2.38. The third-order valence-corrected chi connectivity index (χ3v) is 6.13. The molecular weight excluding hydrogens is 408 g/mol. The van der Waals surface area contributed by atoms with Crippen LogP contribution in [0.4, 0.5) is 19.6 Å². The van der Waals surface area contributed by atoms with Crippen LogP contribution in [-0.2, 0) is 11.2 Å². The fourth-order valence-corrected chi connectivity index (χ4v) is 4.33. The Balaban J connectivity index is 1.32. The maximum Gasteiger partial charge on any atom is 0.257 e. The minimum absolute atomic E-state index is 0.0172. The summed E-state index contributed by atoms with van der Waals surface area (Å²) in [5.41, 5.74) is 3.71. The first-order valence-corrected chi connectivity index (χ1v) is 10.5. The summed E-state index contributed by atoms with van der Waals surface area (Å²) < 4.78 is 26.4. The molecule has 1 aliphatic heterocycles.